The van der Waals surface area contributed by atoms with Crippen LogP contribution >= 0.6 is 15.9 Å². The van der Waals surface area contributed by atoms with Crippen LogP contribution in [0, 0.1) is 5.82 Å². The summed E-state index contributed by atoms with van der Waals surface area (Å²) in [6.07, 6.45) is 0. The molecule has 0 unspecified atom stereocenters. The van der Waals surface area contributed by atoms with Gasteiger partial charge in [-0.05, 0) is 35.9 Å². The SMILES string of the molecule is CN(Cc1cccc(F)c1)c1ccc(Br)cc1C(=O)O. The first-order valence-electron chi connectivity index (χ1n) is 5.96. The molecular formula is C15H13BrFNO2. The Balaban J connectivity index is 2.29. The first-order valence-corrected chi connectivity index (χ1v) is 6.75. The van der Waals surface area contributed by atoms with Crippen molar-refractivity contribution in [2.45, 2.75) is 6.54 Å². The van der Waals surface area contributed by atoms with Gasteiger partial charge in [-0.25, -0.2) is 9.18 Å². The quantitative estimate of drug-likeness (QED) is 0.919. The van der Waals surface area contributed by atoms with Crippen LogP contribution in [0.25, 0.3) is 0 Å². The maximum absolute atomic E-state index is 13.2. The third kappa shape index (κ3) is 3.36. The van der Waals surface area contributed by atoms with Gasteiger partial charge in [0.25, 0.3) is 0 Å². The third-order valence-electron chi connectivity index (χ3n) is 2.91. The highest BCUT2D eigenvalue weighted by molar-refractivity contribution is 9.10. The van der Waals surface area contributed by atoms with Crippen molar-refractivity contribution in [3.63, 3.8) is 0 Å². The van der Waals surface area contributed by atoms with Crippen molar-refractivity contribution in [1.82, 2.24) is 0 Å². The normalized spacial score (nSPS) is 10.3. The molecule has 0 bridgehead atoms. The highest BCUT2D eigenvalue weighted by Gasteiger charge is 2.14. The largest absolute Gasteiger partial charge is 0.478 e. The van der Waals surface area contributed by atoms with Crippen molar-refractivity contribution < 1.29 is 14.3 Å². The van der Waals surface area contributed by atoms with E-state index in [2.05, 4.69) is 15.9 Å². The Bertz CT molecular complexity index is 646. The highest BCUT2D eigenvalue weighted by Crippen LogP contribution is 2.25. The second-order valence-electron chi connectivity index (χ2n) is 4.45. The van der Waals surface area contributed by atoms with Crippen LogP contribution in [0.2, 0.25) is 0 Å². The van der Waals surface area contributed by atoms with Gasteiger partial charge in [-0.2, -0.15) is 0 Å². The molecule has 0 aromatic heterocycles. The molecule has 3 nitrogen and oxygen atoms in total. The number of carboxylic acids is 1. The smallest absolute Gasteiger partial charge is 0.337 e. The van der Waals surface area contributed by atoms with Crippen molar-refractivity contribution in [2.24, 2.45) is 0 Å². The predicted octanol–water partition coefficient (Wildman–Crippen LogP) is 3.92. The maximum Gasteiger partial charge on any atom is 0.337 e. The molecule has 0 fully saturated rings. The summed E-state index contributed by atoms with van der Waals surface area (Å²) < 4.78 is 13.9. The second-order valence-corrected chi connectivity index (χ2v) is 5.37. The zero-order valence-corrected chi connectivity index (χ0v) is 12.4. The summed E-state index contributed by atoms with van der Waals surface area (Å²) in [5.41, 5.74) is 1.58. The fourth-order valence-corrected chi connectivity index (χ4v) is 2.37. The number of hydrogen-bond acceptors (Lipinski definition) is 2. The lowest BCUT2D eigenvalue weighted by molar-refractivity contribution is 0.0697. The Kier molecular flexibility index (Phi) is 4.39. The van der Waals surface area contributed by atoms with Crippen LogP contribution in [0.15, 0.2) is 46.9 Å². The molecular weight excluding hydrogens is 325 g/mol. The Hall–Kier alpha value is -1.88. The van der Waals surface area contributed by atoms with Gasteiger partial charge in [0.15, 0.2) is 0 Å². The maximum atomic E-state index is 13.2. The summed E-state index contributed by atoms with van der Waals surface area (Å²) >= 11 is 3.26. The third-order valence-corrected chi connectivity index (χ3v) is 3.40. The Morgan fingerprint density at radius 1 is 1.30 bits per heavy atom. The number of hydrogen-bond donors (Lipinski definition) is 1. The van der Waals surface area contributed by atoms with E-state index in [-0.39, 0.29) is 11.4 Å². The summed E-state index contributed by atoms with van der Waals surface area (Å²) in [4.78, 5) is 13.1. The van der Waals surface area contributed by atoms with Gasteiger partial charge in [0.05, 0.1) is 11.3 Å². The molecule has 0 aliphatic carbocycles. The second kappa shape index (κ2) is 6.05. The highest BCUT2D eigenvalue weighted by atomic mass is 79.9. The van der Waals surface area contributed by atoms with Gasteiger partial charge in [0.2, 0.25) is 0 Å². The van der Waals surface area contributed by atoms with Crippen LogP contribution in [0.5, 0.6) is 0 Å². The van der Waals surface area contributed by atoms with E-state index in [1.165, 1.54) is 12.1 Å². The summed E-state index contributed by atoms with van der Waals surface area (Å²) in [7, 11) is 1.78. The molecule has 0 saturated carbocycles. The van der Waals surface area contributed by atoms with E-state index in [1.807, 2.05) is 0 Å². The van der Waals surface area contributed by atoms with Crippen molar-refractivity contribution in [3.8, 4) is 0 Å². The van der Waals surface area contributed by atoms with Gasteiger partial charge < -0.3 is 10.0 Å². The van der Waals surface area contributed by atoms with Crippen LogP contribution in [0.3, 0.4) is 0 Å². The lowest BCUT2D eigenvalue weighted by Crippen LogP contribution is -2.19. The van der Waals surface area contributed by atoms with Crippen LogP contribution in [-0.4, -0.2) is 18.1 Å². The van der Waals surface area contributed by atoms with E-state index in [4.69, 9.17) is 0 Å². The lowest BCUT2D eigenvalue weighted by atomic mass is 10.1. The monoisotopic (exact) mass is 337 g/mol. The van der Waals surface area contributed by atoms with E-state index in [0.717, 1.165) is 5.56 Å². The van der Waals surface area contributed by atoms with Crippen molar-refractivity contribution in [2.75, 3.05) is 11.9 Å². The van der Waals surface area contributed by atoms with Gasteiger partial charge in [-0.3, -0.25) is 0 Å². The molecule has 0 aliphatic rings. The Morgan fingerprint density at radius 3 is 2.70 bits per heavy atom. The van der Waals surface area contributed by atoms with Crippen LogP contribution in [0.1, 0.15) is 15.9 Å². The average Bonchev–Trinajstić information content (AvgIpc) is 2.38. The summed E-state index contributed by atoms with van der Waals surface area (Å²) in [5.74, 6) is -1.29. The Morgan fingerprint density at radius 2 is 2.05 bits per heavy atom. The molecule has 5 heteroatoms. The number of nitrogens with zero attached hydrogens (tertiary/aromatic N) is 1. The molecule has 1 N–H and O–H groups in total. The van der Waals surface area contributed by atoms with E-state index >= 15 is 0 Å². The molecule has 20 heavy (non-hydrogen) atoms. The van der Waals surface area contributed by atoms with Crippen LogP contribution < -0.4 is 4.90 Å². The van der Waals surface area contributed by atoms with Crippen molar-refractivity contribution in [3.05, 3.63) is 63.9 Å². The van der Waals surface area contributed by atoms with E-state index in [9.17, 15) is 14.3 Å². The molecule has 0 atom stereocenters. The molecule has 0 aliphatic heterocycles. The van der Waals surface area contributed by atoms with Crippen molar-refractivity contribution >= 4 is 27.6 Å². The van der Waals surface area contributed by atoms with Crippen LogP contribution in [-0.2, 0) is 6.54 Å². The van der Waals surface area contributed by atoms with Crippen molar-refractivity contribution in [1.29, 1.82) is 0 Å². The number of benzene rings is 2. The summed E-state index contributed by atoms with van der Waals surface area (Å²) in [6, 6.07) is 11.3. The average molecular weight is 338 g/mol. The predicted molar refractivity (Wildman–Crippen MR) is 79.6 cm³/mol. The molecule has 104 valence electrons. The molecule has 2 rings (SSSR count). The molecule has 2 aromatic rings. The van der Waals surface area contributed by atoms with Gasteiger partial charge >= 0.3 is 5.97 Å². The first kappa shape index (κ1) is 14.5. The number of aromatic carboxylic acids is 1. The van der Waals surface area contributed by atoms with E-state index in [1.54, 1.807) is 42.3 Å². The number of rotatable bonds is 4. The zero-order valence-electron chi connectivity index (χ0n) is 10.8. The minimum Gasteiger partial charge on any atom is -0.478 e. The van der Waals surface area contributed by atoms with Gasteiger partial charge in [0, 0.05) is 18.1 Å². The lowest BCUT2D eigenvalue weighted by Gasteiger charge is -2.21. The van der Waals surface area contributed by atoms with E-state index in [0.29, 0.717) is 16.7 Å². The topological polar surface area (TPSA) is 40.5 Å². The minimum absolute atomic E-state index is 0.207. The molecule has 0 radical (unpaired) electrons. The van der Waals surface area contributed by atoms with E-state index < -0.39 is 5.97 Å². The fourth-order valence-electron chi connectivity index (χ4n) is 2.01. The number of carbonyl (C=O) groups is 1. The minimum atomic E-state index is -0.993. The Labute approximate surface area is 124 Å². The molecule has 0 amide bonds. The zero-order chi connectivity index (χ0) is 14.7. The fraction of sp³-hybridized carbons (Fsp3) is 0.133. The van der Waals surface area contributed by atoms with Gasteiger partial charge in [-0.15, -0.1) is 0 Å². The van der Waals surface area contributed by atoms with Crippen LogP contribution in [0.4, 0.5) is 10.1 Å². The van der Waals surface area contributed by atoms with Gasteiger partial charge in [0.1, 0.15) is 5.82 Å². The number of anilines is 1. The first-order chi connectivity index (χ1) is 9.47. The molecule has 2 aromatic carbocycles. The summed E-state index contributed by atoms with van der Waals surface area (Å²) in [6.45, 7) is 0.430. The molecule has 0 spiro atoms. The number of carboxylic acid groups (broad SMARTS) is 1. The van der Waals surface area contributed by atoms with Gasteiger partial charge in [-0.1, -0.05) is 28.1 Å². The molecule has 0 heterocycles. The standard InChI is InChI=1S/C15H13BrFNO2/c1-18(9-10-3-2-4-12(17)7-10)14-6-5-11(16)8-13(14)15(19)20/h2-8H,9H2,1H3,(H,19,20). The summed E-state index contributed by atoms with van der Waals surface area (Å²) in [5, 5.41) is 9.24. The molecule has 0 saturated heterocycles. The number of halogens is 2.